The third-order valence-electron chi connectivity index (χ3n) is 6.50. The average molecular weight is 415 g/mol. The largest absolute Gasteiger partial charge is 0.342 e. The van der Waals surface area contributed by atoms with E-state index in [1.807, 2.05) is 12.1 Å². The lowest BCUT2D eigenvalue weighted by atomic mass is 10.0. The summed E-state index contributed by atoms with van der Waals surface area (Å²) >= 11 is 0. The van der Waals surface area contributed by atoms with Crippen LogP contribution < -0.4 is 5.32 Å². The average Bonchev–Trinajstić information content (AvgIpc) is 3.27. The van der Waals surface area contributed by atoms with E-state index < -0.39 is 6.04 Å². The number of carbonyl (C=O) groups is 2. The molecule has 2 amide bonds. The van der Waals surface area contributed by atoms with Crippen LogP contribution in [0.2, 0.25) is 0 Å². The topological polar surface area (TPSA) is 78.1 Å². The number of aromatic nitrogens is 2. The number of piperidine rings is 1. The van der Waals surface area contributed by atoms with Gasteiger partial charge in [0.15, 0.2) is 0 Å². The van der Waals surface area contributed by atoms with Gasteiger partial charge < -0.3 is 15.2 Å². The van der Waals surface area contributed by atoms with E-state index in [1.54, 1.807) is 4.90 Å². The number of imidazole rings is 1. The van der Waals surface area contributed by atoms with Crippen molar-refractivity contribution < 1.29 is 9.59 Å². The second-order valence-corrected chi connectivity index (χ2v) is 8.71. The zero-order chi connectivity index (χ0) is 21.7. The maximum Gasteiger partial charge on any atom is 0.255 e. The molecular weight excluding hydrogens is 388 g/mol. The van der Waals surface area contributed by atoms with Crippen molar-refractivity contribution in [1.82, 2.24) is 20.2 Å². The van der Waals surface area contributed by atoms with E-state index in [1.165, 1.54) is 16.7 Å². The molecule has 0 saturated carbocycles. The van der Waals surface area contributed by atoms with Crippen molar-refractivity contribution >= 4 is 22.8 Å². The highest BCUT2D eigenvalue weighted by atomic mass is 16.2. The molecule has 0 radical (unpaired) electrons. The van der Waals surface area contributed by atoms with E-state index in [0.717, 1.165) is 41.0 Å². The minimum Gasteiger partial charge on any atom is -0.342 e. The predicted molar refractivity (Wildman–Crippen MR) is 120 cm³/mol. The molecular formula is C25H26N4O2. The van der Waals surface area contributed by atoms with E-state index in [9.17, 15) is 9.59 Å². The Morgan fingerprint density at radius 1 is 1.13 bits per heavy atom. The number of hydrogen-bond donors (Lipinski definition) is 2. The number of allylic oxidation sites excluding steroid dienone is 1. The number of fused-ring (bicyclic) bond motifs is 2. The van der Waals surface area contributed by atoms with Crippen molar-refractivity contribution in [1.29, 1.82) is 0 Å². The maximum absolute atomic E-state index is 12.9. The lowest BCUT2D eigenvalue weighted by molar-refractivity contribution is -0.126. The second kappa shape index (κ2) is 7.38. The smallest absolute Gasteiger partial charge is 0.255 e. The number of aryl methyl sites for hydroxylation is 4. The molecule has 1 saturated heterocycles. The van der Waals surface area contributed by atoms with Crippen LogP contribution in [-0.4, -0.2) is 32.7 Å². The van der Waals surface area contributed by atoms with Crippen LogP contribution in [0.1, 0.15) is 51.3 Å². The molecule has 0 aliphatic carbocycles. The number of rotatable bonds is 4. The highest BCUT2D eigenvalue weighted by molar-refractivity contribution is 6.01. The van der Waals surface area contributed by atoms with Gasteiger partial charge in [0.2, 0.25) is 5.91 Å². The minimum absolute atomic E-state index is 0.0581. The Morgan fingerprint density at radius 2 is 1.94 bits per heavy atom. The summed E-state index contributed by atoms with van der Waals surface area (Å²) in [5.41, 5.74) is 8.17. The summed E-state index contributed by atoms with van der Waals surface area (Å²) in [6.45, 7) is 8.51. The van der Waals surface area contributed by atoms with Crippen LogP contribution in [0.5, 0.6) is 0 Å². The van der Waals surface area contributed by atoms with Crippen LogP contribution in [0.3, 0.4) is 0 Å². The Balaban J connectivity index is 1.30. The van der Waals surface area contributed by atoms with Crippen LogP contribution >= 0.6 is 0 Å². The summed E-state index contributed by atoms with van der Waals surface area (Å²) in [4.78, 5) is 35.1. The molecule has 158 valence electrons. The van der Waals surface area contributed by atoms with Crippen molar-refractivity contribution in [2.75, 3.05) is 0 Å². The molecule has 31 heavy (non-hydrogen) atoms. The first kappa shape index (κ1) is 19.5. The fraction of sp³-hybridized carbons (Fsp3) is 0.320. The highest BCUT2D eigenvalue weighted by Gasteiger charge is 2.38. The Hall–Kier alpha value is -3.41. The molecule has 6 nitrogen and oxygen atoms in total. The molecule has 1 unspecified atom stereocenters. The lowest BCUT2D eigenvalue weighted by Gasteiger charge is -2.30. The summed E-state index contributed by atoms with van der Waals surface area (Å²) in [5.74, 6) is 0.780. The number of benzene rings is 2. The highest BCUT2D eigenvalue weighted by Crippen LogP contribution is 2.29. The van der Waals surface area contributed by atoms with Crippen LogP contribution in [0, 0.1) is 13.8 Å². The van der Waals surface area contributed by atoms with E-state index in [2.05, 4.69) is 48.9 Å². The zero-order valence-electron chi connectivity index (χ0n) is 17.9. The van der Waals surface area contributed by atoms with Crippen LogP contribution in [0.15, 0.2) is 42.6 Å². The number of amides is 2. The van der Waals surface area contributed by atoms with Gasteiger partial charge in [-0.25, -0.2) is 4.98 Å². The molecule has 2 aliphatic heterocycles. The molecule has 6 heteroatoms. The molecule has 1 aromatic heterocycles. The Bertz CT molecular complexity index is 1200. The van der Waals surface area contributed by atoms with E-state index in [0.29, 0.717) is 24.9 Å². The first-order chi connectivity index (χ1) is 14.9. The van der Waals surface area contributed by atoms with Gasteiger partial charge in [0.25, 0.3) is 5.91 Å². The molecule has 3 aromatic rings. The third-order valence-corrected chi connectivity index (χ3v) is 6.50. The van der Waals surface area contributed by atoms with E-state index >= 15 is 0 Å². The summed E-state index contributed by atoms with van der Waals surface area (Å²) in [6, 6.07) is 9.86. The fourth-order valence-corrected chi connectivity index (χ4v) is 4.57. The molecule has 2 aliphatic rings. The molecule has 3 heterocycles. The molecule has 1 atom stereocenters. The molecule has 0 bridgehead atoms. The van der Waals surface area contributed by atoms with Crippen molar-refractivity contribution in [3.63, 3.8) is 0 Å². The minimum atomic E-state index is -0.420. The quantitative estimate of drug-likeness (QED) is 0.683. The predicted octanol–water partition coefficient (Wildman–Crippen LogP) is 3.71. The SMILES string of the molecule is C=C1CCC(N2Cc3cc(CCc4nc5cc(C)c(C)cc5[nH]4)ccc3C2=O)C(=O)N1. The van der Waals surface area contributed by atoms with Crippen LogP contribution in [0.4, 0.5) is 0 Å². The normalized spacial score (nSPS) is 18.6. The third kappa shape index (κ3) is 3.52. The van der Waals surface area contributed by atoms with Gasteiger partial charge in [0, 0.05) is 24.2 Å². The summed E-state index contributed by atoms with van der Waals surface area (Å²) < 4.78 is 0. The zero-order valence-corrected chi connectivity index (χ0v) is 17.9. The number of aromatic amines is 1. The van der Waals surface area contributed by atoms with Gasteiger partial charge in [-0.05, 0) is 73.6 Å². The number of H-pyrrole nitrogens is 1. The number of hydrogen-bond acceptors (Lipinski definition) is 3. The molecule has 1 fully saturated rings. The fourth-order valence-electron chi connectivity index (χ4n) is 4.57. The van der Waals surface area contributed by atoms with Gasteiger partial charge in [-0.1, -0.05) is 18.7 Å². The van der Waals surface area contributed by atoms with Gasteiger partial charge in [-0.2, -0.15) is 0 Å². The first-order valence-electron chi connectivity index (χ1n) is 10.8. The molecule has 5 rings (SSSR count). The van der Waals surface area contributed by atoms with Gasteiger partial charge >= 0.3 is 0 Å². The second-order valence-electron chi connectivity index (χ2n) is 8.71. The van der Waals surface area contributed by atoms with E-state index in [-0.39, 0.29) is 11.8 Å². The van der Waals surface area contributed by atoms with Crippen LogP contribution in [0.25, 0.3) is 11.0 Å². The number of nitrogens with zero attached hydrogens (tertiary/aromatic N) is 2. The molecule has 2 N–H and O–H groups in total. The van der Waals surface area contributed by atoms with Gasteiger partial charge in [0.05, 0.1) is 11.0 Å². The molecule has 0 spiro atoms. The summed E-state index contributed by atoms with van der Waals surface area (Å²) in [6.07, 6.45) is 2.97. The van der Waals surface area contributed by atoms with Gasteiger partial charge in [0.1, 0.15) is 11.9 Å². The maximum atomic E-state index is 12.9. The van der Waals surface area contributed by atoms with E-state index in [4.69, 9.17) is 4.98 Å². The first-order valence-corrected chi connectivity index (χ1v) is 10.8. The summed E-state index contributed by atoms with van der Waals surface area (Å²) in [5, 5.41) is 2.78. The van der Waals surface area contributed by atoms with Crippen molar-refractivity contribution in [3.8, 4) is 0 Å². The van der Waals surface area contributed by atoms with Gasteiger partial charge in [-0.15, -0.1) is 0 Å². The van der Waals surface area contributed by atoms with Crippen molar-refractivity contribution in [2.45, 2.75) is 52.1 Å². The Labute approximate surface area is 181 Å². The standard InChI is InChI=1S/C25H26N4O2/c1-14-10-20-21(11-15(14)2)28-23(27-20)9-6-17-5-7-19-18(12-17)13-29(25(19)31)22-8-4-16(3)26-24(22)30/h5,7,10-12,22H,3-4,6,8-9,13H2,1-2H3,(H,26,30)(H,27,28). The number of carbonyl (C=O) groups excluding carboxylic acids is 2. The molecule has 2 aromatic carbocycles. The monoisotopic (exact) mass is 414 g/mol. The Morgan fingerprint density at radius 3 is 2.74 bits per heavy atom. The van der Waals surface area contributed by atoms with Crippen molar-refractivity contribution in [2.24, 2.45) is 0 Å². The van der Waals surface area contributed by atoms with Crippen molar-refractivity contribution in [3.05, 3.63) is 76.2 Å². The Kier molecular flexibility index (Phi) is 4.65. The van der Waals surface area contributed by atoms with Crippen LogP contribution in [-0.2, 0) is 24.2 Å². The number of nitrogens with one attached hydrogen (secondary N) is 2. The summed E-state index contributed by atoms with van der Waals surface area (Å²) in [7, 11) is 0. The van der Waals surface area contributed by atoms with Gasteiger partial charge in [-0.3, -0.25) is 9.59 Å². The lowest BCUT2D eigenvalue weighted by Crippen LogP contribution is -2.49.